The summed E-state index contributed by atoms with van der Waals surface area (Å²) in [6.07, 6.45) is 2.94. The van der Waals surface area contributed by atoms with E-state index in [0.29, 0.717) is 15.9 Å². The van der Waals surface area contributed by atoms with Gasteiger partial charge in [0.2, 0.25) is 11.3 Å². The molecule has 1 heterocycles. The van der Waals surface area contributed by atoms with Crippen molar-refractivity contribution in [2.45, 2.75) is 6.54 Å². The Morgan fingerprint density at radius 3 is 2.76 bits per heavy atom. The van der Waals surface area contributed by atoms with Gasteiger partial charge >= 0.3 is 0 Å². The van der Waals surface area contributed by atoms with Crippen molar-refractivity contribution in [1.82, 2.24) is 4.57 Å². The summed E-state index contributed by atoms with van der Waals surface area (Å²) in [4.78, 5) is 23.5. The second-order valence-corrected chi connectivity index (χ2v) is 5.17. The summed E-state index contributed by atoms with van der Waals surface area (Å²) in [5, 5.41) is 2.74. The largest absolute Gasteiger partial charge is 0.495 e. The Kier molecular flexibility index (Phi) is 4.64. The Labute approximate surface area is 129 Å². The first kappa shape index (κ1) is 15.1. The van der Waals surface area contributed by atoms with Gasteiger partial charge < -0.3 is 20.4 Å². The van der Waals surface area contributed by atoms with Gasteiger partial charge in [0, 0.05) is 12.4 Å². The average molecular weight is 352 g/mol. The minimum absolute atomic E-state index is 0.0289. The minimum atomic E-state index is -0.295. The summed E-state index contributed by atoms with van der Waals surface area (Å²) < 4.78 is 7.01. The lowest BCUT2D eigenvalue weighted by Gasteiger charge is -2.11. The number of carbonyl (C=O) groups is 1. The van der Waals surface area contributed by atoms with Crippen molar-refractivity contribution in [3.05, 3.63) is 51.4 Å². The predicted octanol–water partition coefficient (Wildman–Crippen LogP) is 1.84. The molecule has 2 aromatic rings. The van der Waals surface area contributed by atoms with Gasteiger partial charge in [0.25, 0.3) is 0 Å². The third-order valence-corrected chi connectivity index (χ3v) is 3.34. The lowest BCUT2D eigenvalue weighted by Crippen LogP contribution is -2.21. The van der Waals surface area contributed by atoms with E-state index in [1.165, 1.54) is 24.1 Å². The van der Waals surface area contributed by atoms with E-state index in [-0.39, 0.29) is 23.6 Å². The van der Waals surface area contributed by atoms with Crippen LogP contribution in [0.15, 0.2) is 45.9 Å². The molecule has 7 heteroatoms. The maximum atomic E-state index is 12.0. The van der Waals surface area contributed by atoms with Gasteiger partial charge in [0.05, 0.1) is 23.0 Å². The highest BCUT2D eigenvalue weighted by atomic mass is 79.9. The number of benzene rings is 1. The molecule has 0 aliphatic carbocycles. The number of anilines is 2. The molecule has 1 aromatic carbocycles. The van der Waals surface area contributed by atoms with Crippen LogP contribution in [0.2, 0.25) is 0 Å². The Morgan fingerprint density at radius 1 is 1.38 bits per heavy atom. The monoisotopic (exact) mass is 351 g/mol. The fraction of sp³-hybridized carbons (Fsp3) is 0.143. The number of halogens is 1. The van der Waals surface area contributed by atoms with Crippen LogP contribution in [0.4, 0.5) is 11.4 Å². The van der Waals surface area contributed by atoms with Crippen molar-refractivity contribution in [3.8, 4) is 5.75 Å². The summed E-state index contributed by atoms with van der Waals surface area (Å²) >= 11 is 3.11. The number of carbonyl (C=O) groups excluding carboxylic acids is 1. The first-order valence-electron chi connectivity index (χ1n) is 6.09. The molecule has 0 spiro atoms. The lowest BCUT2D eigenvalue weighted by molar-refractivity contribution is -0.116. The van der Waals surface area contributed by atoms with Gasteiger partial charge in [-0.05, 0) is 28.1 Å². The van der Waals surface area contributed by atoms with E-state index in [9.17, 15) is 9.59 Å². The summed E-state index contributed by atoms with van der Waals surface area (Å²) in [6, 6.07) is 7.11. The Balaban J connectivity index is 2.14. The number of ether oxygens (including phenoxy) is 1. The van der Waals surface area contributed by atoms with Crippen molar-refractivity contribution >= 4 is 33.2 Å². The number of hydrogen-bond donors (Lipinski definition) is 2. The molecule has 0 radical (unpaired) electrons. The SMILES string of the molecule is COc1ccccc1NC(=O)Cn1cc(N)c(=O)c(Br)c1. The van der Waals surface area contributed by atoms with E-state index >= 15 is 0 Å². The third kappa shape index (κ3) is 3.63. The number of rotatable bonds is 4. The highest BCUT2D eigenvalue weighted by Gasteiger charge is 2.09. The van der Waals surface area contributed by atoms with Crippen LogP contribution in [0, 0.1) is 0 Å². The number of aromatic nitrogens is 1. The Morgan fingerprint density at radius 2 is 2.10 bits per heavy atom. The quantitative estimate of drug-likeness (QED) is 0.879. The molecular weight excluding hydrogens is 338 g/mol. The highest BCUT2D eigenvalue weighted by Crippen LogP contribution is 2.22. The van der Waals surface area contributed by atoms with Gasteiger partial charge in [-0.15, -0.1) is 0 Å². The number of amides is 1. The van der Waals surface area contributed by atoms with Crippen LogP contribution in [0.1, 0.15) is 0 Å². The fourth-order valence-corrected chi connectivity index (χ4v) is 2.30. The maximum Gasteiger partial charge on any atom is 0.244 e. The first-order valence-corrected chi connectivity index (χ1v) is 6.88. The number of hydrogen-bond acceptors (Lipinski definition) is 4. The number of pyridine rings is 1. The smallest absolute Gasteiger partial charge is 0.244 e. The minimum Gasteiger partial charge on any atom is -0.495 e. The van der Waals surface area contributed by atoms with Gasteiger partial charge in [-0.2, -0.15) is 0 Å². The Bertz CT molecular complexity index is 701. The fourth-order valence-electron chi connectivity index (χ4n) is 1.81. The molecule has 1 aromatic heterocycles. The van der Waals surface area contributed by atoms with Gasteiger partial charge in [-0.25, -0.2) is 0 Å². The second-order valence-electron chi connectivity index (χ2n) is 4.31. The standard InChI is InChI=1S/C14H14BrN3O3/c1-21-12-5-3-2-4-11(12)17-13(19)8-18-6-9(15)14(20)10(16)7-18/h2-7H,8,16H2,1H3,(H,17,19). The summed E-state index contributed by atoms with van der Waals surface area (Å²) in [7, 11) is 1.53. The van der Waals surface area contributed by atoms with E-state index in [4.69, 9.17) is 10.5 Å². The van der Waals surface area contributed by atoms with Crippen LogP contribution in [-0.4, -0.2) is 17.6 Å². The van der Waals surface area contributed by atoms with Gasteiger partial charge in [-0.3, -0.25) is 9.59 Å². The van der Waals surface area contributed by atoms with Crippen molar-refractivity contribution in [2.75, 3.05) is 18.2 Å². The summed E-state index contributed by atoms with van der Waals surface area (Å²) in [5.41, 5.74) is 5.95. The van der Waals surface area contributed by atoms with Crippen molar-refractivity contribution in [1.29, 1.82) is 0 Å². The molecule has 21 heavy (non-hydrogen) atoms. The third-order valence-electron chi connectivity index (χ3n) is 2.77. The van der Waals surface area contributed by atoms with Gasteiger partial charge in [0.1, 0.15) is 12.3 Å². The molecule has 6 nitrogen and oxygen atoms in total. The molecule has 1 amide bonds. The van der Waals surface area contributed by atoms with Crippen molar-refractivity contribution < 1.29 is 9.53 Å². The molecule has 0 bridgehead atoms. The molecule has 0 unspecified atom stereocenters. The maximum absolute atomic E-state index is 12.0. The molecule has 3 N–H and O–H groups in total. The average Bonchev–Trinajstić information content (AvgIpc) is 2.45. The van der Waals surface area contributed by atoms with Crippen molar-refractivity contribution in [3.63, 3.8) is 0 Å². The van der Waals surface area contributed by atoms with Gasteiger partial charge in [-0.1, -0.05) is 12.1 Å². The molecule has 0 saturated carbocycles. The molecule has 0 aliphatic heterocycles. The molecule has 0 aliphatic rings. The van der Waals surface area contributed by atoms with Gasteiger partial charge in [0.15, 0.2) is 0 Å². The Hall–Kier alpha value is -2.28. The van der Waals surface area contributed by atoms with Crippen LogP contribution in [0.25, 0.3) is 0 Å². The normalized spacial score (nSPS) is 10.2. The van der Waals surface area contributed by atoms with E-state index in [0.717, 1.165) is 0 Å². The van der Waals surface area contributed by atoms with E-state index in [1.54, 1.807) is 18.2 Å². The topological polar surface area (TPSA) is 86.3 Å². The zero-order valence-electron chi connectivity index (χ0n) is 11.3. The predicted molar refractivity (Wildman–Crippen MR) is 84.4 cm³/mol. The number of nitrogens with one attached hydrogen (secondary N) is 1. The van der Waals surface area contributed by atoms with Crippen LogP contribution in [-0.2, 0) is 11.3 Å². The lowest BCUT2D eigenvalue weighted by atomic mass is 10.3. The molecule has 0 fully saturated rings. The molecule has 0 atom stereocenters. The van der Waals surface area contributed by atoms with Crippen molar-refractivity contribution in [2.24, 2.45) is 0 Å². The number of methoxy groups -OCH3 is 1. The number of nitrogen functional groups attached to an aromatic ring is 1. The highest BCUT2D eigenvalue weighted by molar-refractivity contribution is 9.10. The number of nitrogens with two attached hydrogens (primary N) is 1. The second kappa shape index (κ2) is 6.45. The van der Waals surface area contributed by atoms with Crippen LogP contribution >= 0.6 is 15.9 Å². The van der Waals surface area contributed by atoms with E-state index < -0.39 is 0 Å². The zero-order valence-corrected chi connectivity index (χ0v) is 12.9. The summed E-state index contributed by atoms with van der Waals surface area (Å²) in [5.74, 6) is 0.320. The van der Waals surface area contributed by atoms with Crippen LogP contribution < -0.4 is 21.2 Å². The van der Waals surface area contributed by atoms with Crippen LogP contribution in [0.5, 0.6) is 5.75 Å². The van der Waals surface area contributed by atoms with E-state index in [1.807, 2.05) is 6.07 Å². The summed E-state index contributed by atoms with van der Waals surface area (Å²) in [6.45, 7) is 0.0289. The van der Waals surface area contributed by atoms with Crippen LogP contribution in [0.3, 0.4) is 0 Å². The first-order chi connectivity index (χ1) is 10.0. The molecule has 2 rings (SSSR count). The zero-order chi connectivity index (χ0) is 15.4. The molecular formula is C14H14BrN3O3. The number of para-hydroxylation sites is 2. The van der Waals surface area contributed by atoms with E-state index in [2.05, 4.69) is 21.2 Å². The number of nitrogens with zero attached hydrogens (tertiary/aromatic N) is 1. The molecule has 0 saturated heterocycles. The molecule has 110 valence electrons.